The van der Waals surface area contributed by atoms with Crippen LogP contribution in [-0.2, 0) is 9.59 Å². The average molecular weight is 352 g/mol. The van der Waals surface area contributed by atoms with E-state index in [1.807, 2.05) is 30.3 Å². The predicted octanol–water partition coefficient (Wildman–Crippen LogP) is 2.19. The number of carbonyl (C=O) groups excluding carboxylic acids is 2. The van der Waals surface area contributed by atoms with Crippen LogP contribution >= 0.6 is 12.4 Å². The third-order valence-corrected chi connectivity index (χ3v) is 5.12. The van der Waals surface area contributed by atoms with E-state index in [0.29, 0.717) is 0 Å². The molecule has 1 aliphatic carbocycles. The van der Waals surface area contributed by atoms with E-state index in [1.54, 1.807) is 16.8 Å². The molecular weight excluding hydrogens is 326 g/mol. The molecule has 1 aliphatic heterocycles. The van der Waals surface area contributed by atoms with Crippen molar-refractivity contribution < 1.29 is 9.59 Å². The maximum absolute atomic E-state index is 12.9. The molecule has 1 aromatic carbocycles. The van der Waals surface area contributed by atoms with Crippen molar-refractivity contribution in [1.29, 1.82) is 0 Å². The molecule has 24 heavy (non-hydrogen) atoms. The lowest BCUT2D eigenvalue weighted by Crippen LogP contribution is -2.54. The molecule has 0 bridgehead atoms. The van der Waals surface area contributed by atoms with Gasteiger partial charge in [0.25, 0.3) is 0 Å². The smallest absolute Gasteiger partial charge is 0.249 e. The third kappa shape index (κ3) is 3.73. The molecule has 2 N–H and O–H groups in total. The minimum atomic E-state index is -0.353. The molecule has 1 heterocycles. The van der Waals surface area contributed by atoms with Gasteiger partial charge in [-0.1, -0.05) is 18.2 Å². The van der Waals surface area contributed by atoms with Gasteiger partial charge in [-0.3, -0.25) is 9.59 Å². The SMILES string of the molecule is CN(C(=O)C1CCC(N)C1)C1CCCN(c2ccccc2)C1=O.Cl. The zero-order chi connectivity index (χ0) is 16.4. The Balaban J connectivity index is 0.00000208. The highest BCUT2D eigenvalue weighted by atomic mass is 35.5. The zero-order valence-corrected chi connectivity index (χ0v) is 14.9. The summed E-state index contributed by atoms with van der Waals surface area (Å²) >= 11 is 0. The molecule has 1 saturated carbocycles. The first-order valence-electron chi connectivity index (χ1n) is 8.46. The molecule has 1 aromatic rings. The van der Waals surface area contributed by atoms with Crippen LogP contribution in [0.3, 0.4) is 0 Å². The fraction of sp³-hybridized carbons (Fsp3) is 0.556. The molecule has 132 valence electrons. The normalized spacial score (nSPS) is 26.8. The molecule has 1 saturated heterocycles. The number of amides is 2. The van der Waals surface area contributed by atoms with Crippen molar-refractivity contribution in [3.05, 3.63) is 30.3 Å². The molecule has 3 unspecified atom stereocenters. The van der Waals surface area contributed by atoms with Crippen molar-refractivity contribution in [2.45, 2.75) is 44.2 Å². The van der Waals surface area contributed by atoms with Gasteiger partial charge in [0, 0.05) is 31.2 Å². The maximum Gasteiger partial charge on any atom is 0.249 e. The molecule has 2 aliphatic rings. The Bertz CT molecular complexity index is 581. The van der Waals surface area contributed by atoms with Crippen LogP contribution in [-0.4, -0.2) is 42.4 Å². The van der Waals surface area contributed by atoms with Crippen LogP contribution in [0.15, 0.2) is 30.3 Å². The molecule has 3 atom stereocenters. The minimum absolute atomic E-state index is 0. The van der Waals surface area contributed by atoms with Gasteiger partial charge in [-0.2, -0.15) is 0 Å². The predicted molar refractivity (Wildman–Crippen MR) is 97.2 cm³/mol. The Labute approximate surface area is 149 Å². The Kier molecular flexibility index (Phi) is 6.24. The number of piperidine rings is 1. The highest BCUT2D eigenvalue weighted by Gasteiger charge is 2.38. The lowest BCUT2D eigenvalue weighted by Gasteiger charge is -2.37. The van der Waals surface area contributed by atoms with Crippen LogP contribution in [0.25, 0.3) is 0 Å². The van der Waals surface area contributed by atoms with Gasteiger partial charge in [0.1, 0.15) is 6.04 Å². The number of halogens is 1. The minimum Gasteiger partial charge on any atom is -0.333 e. The number of hydrogen-bond acceptors (Lipinski definition) is 3. The van der Waals surface area contributed by atoms with E-state index in [4.69, 9.17) is 5.73 Å². The van der Waals surface area contributed by atoms with Gasteiger partial charge in [0.2, 0.25) is 11.8 Å². The number of benzene rings is 1. The number of carbonyl (C=O) groups is 2. The Hall–Kier alpha value is -1.59. The molecule has 2 fully saturated rings. The lowest BCUT2D eigenvalue weighted by atomic mass is 9.99. The van der Waals surface area contributed by atoms with Crippen molar-refractivity contribution >= 4 is 29.9 Å². The number of nitrogens with zero attached hydrogens (tertiary/aromatic N) is 2. The molecule has 5 nitrogen and oxygen atoms in total. The molecule has 0 radical (unpaired) electrons. The fourth-order valence-corrected chi connectivity index (χ4v) is 3.76. The van der Waals surface area contributed by atoms with E-state index < -0.39 is 0 Å². The average Bonchev–Trinajstić information content (AvgIpc) is 3.01. The van der Waals surface area contributed by atoms with Crippen molar-refractivity contribution in [3.63, 3.8) is 0 Å². The van der Waals surface area contributed by atoms with E-state index in [-0.39, 0.29) is 42.2 Å². The Morgan fingerprint density at radius 2 is 1.92 bits per heavy atom. The summed E-state index contributed by atoms with van der Waals surface area (Å²) in [5.74, 6) is 0.0849. The largest absolute Gasteiger partial charge is 0.333 e. The first-order valence-corrected chi connectivity index (χ1v) is 8.46. The summed E-state index contributed by atoms with van der Waals surface area (Å²) in [5, 5.41) is 0. The van der Waals surface area contributed by atoms with Gasteiger partial charge in [-0.05, 0) is 44.2 Å². The van der Waals surface area contributed by atoms with Crippen LogP contribution in [0.1, 0.15) is 32.1 Å². The molecule has 0 aromatic heterocycles. The quantitative estimate of drug-likeness (QED) is 0.907. The first-order chi connectivity index (χ1) is 11.1. The van der Waals surface area contributed by atoms with Crippen molar-refractivity contribution in [2.24, 2.45) is 11.7 Å². The second-order valence-electron chi connectivity index (χ2n) is 6.70. The van der Waals surface area contributed by atoms with Gasteiger partial charge >= 0.3 is 0 Å². The summed E-state index contributed by atoms with van der Waals surface area (Å²) in [4.78, 5) is 29.0. The number of rotatable bonds is 3. The number of nitrogens with two attached hydrogens (primary N) is 1. The summed E-state index contributed by atoms with van der Waals surface area (Å²) in [6, 6.07) is 9.46. The van der Waals surface area contributed by atoms with E-state index in [2.05, 4.69) is 0 Å². The summed E-state index contributed by atoms with van der Waals surface area (Å²) in [6.45, 7) is 0.718. The highest BCUT2D eigenvalue weighted by Crippen LogP contribution is 2.29. The number of anilines is 1. The second-order valence-corrected chi connectivity index (χ2v) is 6.70. The number of likely N-dealkylation sites (N-methyl/N-ethyl adjacent to an activating group) is 1. The fourth-order valence-electron chi connectivity index (χ4n) is 3.76. The highest BCUT2D eigenvalue weighted by molar-refractivity contribution is 6.00. The van der Waals surface area contributed by atoms with Crippen molar-refractivity contribution in [1.82, 2.24) is 4.90 Å². The van der Waals surface area contributed by atoms with Gasteiger partial charge in [-0.15, -0.1) is 12.4 Å². The summed E-state index contributed by atoms with van der Waals surface area (Å²) in [6.07, 6.45) is 4.13. The van der Waals surface area contributed by atoms with Crippen molar-refractivity contribution in [2.75, 3.05) is 18.5 Å². The van der Waals surface area contributed by atoms with Crippen LogP contribution in [0, 0.1) is 5.92 Å². The Morgan fingerprint density at radius 3 is 2.54 bits per heavy atom. The molecular formula is C18H26ClN3O2. The second kappa shape index (κ2) is 7.99. The zero-order valence-electron chi connectivity index (χ0n) is 14.1. The van der Waals surface area contributed by atoms with Crippen LogP contribution in [0.4, 0.5) is 5.69 Å². The van der Waals surface area contributed by atoms with Crippen LogP contribution < -0.4 is 10.6 Å². The lowest BCUT2D eigenvalue weighted by molar-refractivity contribution is -0.142. The molecule has 3 rings (SSSR count). The Morgan fingerprint density at radius 1 is 1.21 bits per heavy atom. The summed E-state index contributed by atoms with van der Waals surface area (Å²) in [7, 11) is 1.77. The molecule has 6 heteroatoms. The monoisotopic (exact) mass is 351 g/mol. The summed E-state index contributed by atoms with van der Waals surface area (Å²) < 4.78 is 0. The van der Waals surface area contributed by atoms with Gasteiger partial charge in [-0.25, -0.2) is 0 Å². The topological polar surface area (TPSA) is 66.6 Å². The van der Waals surface area contributed by atoms with Gasteiger partial charge < -0.3 is 15.5 Å². The molecule has 0 spiro atoms. The van der Waals surface area contributed by atoms with E-state index in [9.17, 15) is 9.59 Å². The van der Waals surface area contributed by atoms with Gasteiger partial charge in [0.05, 0.1) is 0 Å². The number of hydrogen-bond donors (Lipinski definition) is 1. The van der Waals surface area contributed by atoms with E-state index in [0.717, 1.165) is 44.3 Å². The van der Waals surface area contributed by atoms with Crippen molar-refractivity contribution in [3.8, 4) is 0 Å². The maximum atomic E-state index is 12.9. The first kappa shape index (κ1) is 18.7. The van der Waals surface area contributed by atoms with E-state index in [1.165, 1.54) is 0 Å². The third-order valence-electron chi connectivity index (χ3n) is 5.12. The van der Waals surface area contributed by atoms with Gasteiger partial charge in [0.15, 0.2) is 0 Å². The van der Waals surface area contributed by atoms with Crippen LogP contribution in [0.5, 0.6) is 0 Å². The summed E-state index contributed by atoms with van der Waals surface area (Å²) in [5.41, 5.74) is 6.83. The molecule has 2 amide bonds. The van der Waals surface area contributed by atoms with E-state index >= 15 is 0 Å². The standard InChI is InChI=1S/C18H25N3O2.ClH/c1-20(17(22)13-9-10-14(19)12-13)16-8-5-11-21(18(16)23)15-6-3-2-4-7-15;/h2-4,6-7,13-14,16H,5,8-12,19H2,1H3;1H. The van der Waals surface area contributed by atoms with Crippen LogP contribution in [0.2, 0.25) is 0 Å². The number of para-hydroxylation sites is 1.